The number of halogens is 5. The molecule has 0 bridgehead atoms. The van der Waals surface area contributed by atoms with Crippen LogP contribution in [0.25, 0.3) is 0 Å². The number of hydrogen-bond acceptors (Lipinski definition) is 5. The van der Waals surface area contributed by atoms with E-state index in [1.54, 1.807) is 23.1 Å². The van der Waals surface area contributed by atoms with Crippen molar-refractivity contribution in [1.29, 1.82) is 0 Å². The van der Waals surface area contributed by atoms with E-state index in [1.165, 1.54) is 18.2 Å². The fourth-order valence-electron chi connectivity index (χ4n) is 4.67. The summed E-state index contributed by atoms with van der Waals surface area (Å²) < 4.78 is 51.7. The van der Waals surface area contributed by atoms with Crippen LogP contribution in [0.5, 0.6) is 0 Å². The van der Waals surface area contributed by atoms with E-state index >= 15 is 0 Å². The average molecular weight is 529 g/mol. The Bertz CT molecular complexity index is 1080. The highest BCUT2D eigenvalue weighted by Gasteiger charge is 2.29. The molecule has 196 valence electrons. The highest BCUT2D eigenvalue weighted by Crippen LogP contribution is 2.31. The molecule has 6 nitrogen and oxygen atoms in total. The number of carbonyl (C=O) groups excluding carboxylic acids is 1. The van der Waals surface area contributed by atoms with Gasteiger partial charge in [0, 0.05) is 62.9 Å². The standard InChI is InChI=1S/C25H29ClF4N4O2/c26-18-1-4-22(23(14-18)34-11-9-32(10-12-34)8-6-25(28,29)30)31-24(36)21-3-2-19(27)13-17(21)15-33-7-5-20(35)16-33/h1-4,13-14,20,35H,5-12,15-16H2,(H,31,36). The summed E-state index contributed by atoms with van der Waals surface area (Å²) in [5.41, 5.74) is 2.05. The molecule has 2 fully saturated rings. The molecule has 11 heteroatoms. The lowest BCUT2D eigenvalue weighted by Crippen LogP contribution is -2.47. The van der Waals surface area contributed by atoms with Crippen LogP contribution in [0.4, 0.5) is 28.9 Å². The Hall–Kier alpha value is -2.40. The molecule has 2 aliphatic heterocycles. The third kappa shape index (κ3) is 7.09. The molecule has 1 amide bonds. The van der Waals surface area contributed by atoms with Gasteiger partial charge in [-0.15, -0.1) is 0 Å². The molecule has 0 aliphatic carbocycles. The van der Waals surface area contributed by atoms with Crippen LogP contribution in [-0.4, -0.2) is 78.9 Å². The molecule has 0 radical (unpaired) electrons. The zero-order chi connectivity index (χ0) is 25.9. The second-order valence-electron chi connectivity index (χ2n) is 9.29. The molecular weight excluding hydrogens is 500 g/mol. The van der Waals surface area contributed by atoms with Crippen molar-refractivity contribution in [3.63, 3.8) is 0 Å². The van der Waals surface area contributed by atoms with Crippen molar-refractivity contribution in [3.05, 3.63) is 58.4 Å². The number of rotatable bonds is 7. The first kappa shape index (κ1) is 26.7. The van der Waals surface area contributed by atoms with Gasteiger partial charge in [0.1, 0.15) is 5.82 Å². The minimum Gasteiger partial charge on any atom is -0.392 e. The Balaban J connectivity index is 1.47. The van der Waals surface area contributed by atoms with Gasteiger partial charge in [-0.1, -0.05) is 11.6 Å². The first-order chi connectivity index (χ1) is 17.1. The number of alkyl halides is 3. The summed E-state index contributed by atoms with van der Waals surface area (Å²) in [5, 5.41) is 13.2. The summed E-state index contributed by atoms with van der Waals surface area (Å²) in [6.07, 6.45) is -4.83. The number of hydrogen-bond donors (Lipinski definition) is 2. The topological polar surface area (TPSA) is 59.1 Å². The maximum Gasteiger partial charge on any atom is 0.390 e. The summed E-state index contributed by atoms with van der Waals surface area (Å²) >= 11 is 6.23. The number of β-amino-alcohol motifs (C(OH)–C–C–N with tert-alkyl or cyclic N) is 1. The zero-order valence-corrected chi connectivity index (χ0v) is 20.5. The first-order valence-electron chi connectivity index (χ1n) is 11.9. The molecule has 1 atom stereocenters. The minimum atomic E-state index is -4.19. The average Bonchev–Trinajstić information content (AvgIpc) is 3.23. The molecule has 2 aromatic carbocycles. The van der Waals surface area contributed by atoms with Crippen LogP contribution in [0.3, 0.4) is 0 Å². The highest BCUT2D eigenvalue weighted by molar-refractivity contribution is 6.31. The van der Waals surface area contributed by atoms with Gasteiger partial charge in [-0.25, -0.2) is 4.39 Å². The summed E-state index contributed by atoms with van der Waals surface area (Å²) in [6, 6.07) is 9.08. The van der Waals surface area contributed by atoms with Crippen LogP contribution in [0.2, 0.25) is 5.02 Å². The molecule has 2 aliphatic rings. The molecule has 0 saturated carbocycles. The normalized spacial score (nSPS) is 19.6. The van der Waals surface area contributed by atoms with Crippen molar-refractivity contribution in [3.8, 4) is 0 Å². The molecule has 0 aromatic heterocycles. The fraction of sp³-hybridized carbons (Fsp3) is 0.480. The third-order valence-corrected chi connectivity index (χ3v) is 6.82. The van der Waals surface area contributed by atoms with Gasteiger partial charge in [0.05, 0.1) is 23.9 Å². The van der Waals surface area contributed by atoms with Crippen molar-refractivity contribution in [2.45, 2.75) is 31.7 Å². The van der Waals surface area contributed by atoms with Crippen LogP contribution in [-0.2, 0) is 6.54 Å². The molecule has 2 heterocycles. The van der Waals surface area contributed by atoms with E-state index in [9.17, 15) is 27.5 Å². The zero-order valence-electron chi connectivity index (χ0n) is 19.7. The largest absolute Gasteiger partial charge is 0.392 e. The van der Waals surface area contributed by atoms with Crippen LogP contribution >= 0.6 is 11.6 Å². The van der Waals surface area contributed by atoms with Gasteiger partial charge in [0.2, 0.25) is 0 Å². The van der Waals surface area contributed by atoms with Gasteiger partial charge < -0.3 is 15.3 Å². The Morgan fingerprint density at radius 2 is 1.81 bits per heavy atom. The fourth-order valence-corrected chi connectivity index (χ4v) is 4.84. The number of carbonyl (C=O) groups is 1. The number of aliphatic hydroxyl groups excluding tert-OH is 1. The van der Waals surface area contributed by atoms with Crippen molar-refractivity contribution in [2.24, 2.45) is 0 Å². The summed E-state index contributed by atoms with van der Waals surface area (Å²) in [5.74, 6) is -0.853. The van der Waals surface area contributed by atoms with E-state index in [2.05, 4.69) is 5.32 Å². The lowest BCUT2D eigenvalue weighted by Gasteiger charge is -2.37. The molecule has 2 aromatic rings. The number of nitrogens with zero attached hydrogens (tertiary/aromatic N) is 3. The summed E-state index contributed by atoms with van der Waals surface area (Å²) in [4.78, 5) is 19.0. The number of benzene rings is 2. The highest BCUT2D eigenvalue weighted by atomic mass is 35.5. The molecular formula is C25H29ClF4N4O2. The number of nitrogens with one attached hydrogen (secondary N) is 1. The van der Waals surface area contributed by atoms with Crippen molar-refractivity contribution in [1.82, 2.24) is 9.80 Å². The van der Waals surface area contributed by atoms with Crippen LogP contribution < -0.4 is 10.2 Å². The summed E-state index contributed by atoms with van der Waals surface area (Å²) in [7, 11) is 0. The second kappa shape index (κ2) is 11.3. The number of likely N-dealkylation sites (tertiary alicyclic amines) is 1. The van der Waals surface area contributed by atoms with Crippen LogP contribution in [0.1, 0.15) is 28.8 Å². The molecule has 2 saturated heterocycles. The van der Waals surface area contributed by atoms with Gasteiger partial charge in [-0.05, 0) is 48.4 Å². The predicted octanol–water partition coefficient (Wildman–Crippen LogP) is 4.37. The molecule has 2 N–H and O–H groups in total. The SMILES string of the molecule is O=C(Nc1ccc(Cl)cc1N1CCN(CCC(F)(F)F)CC1)c1ccc(F)cc1CN1CCC(O)C1. The number of anilines is 2. The predicted molar refractivity (Wildman–Crippen MR) is 131 cm³/mol. The van der Waals surface area contributed by atoms with Crippen molar-refractivity contribution < 1.29 is 27.5 Å². The monoisotopic (exact) mass is 528 g/mol. The molecule has 0 spiro atoms. The van der Waals surface area contributed by atoms with Crippen LogP contribution in [0, 0.1) is 5.82 Å². The van der Waals surface area contributed by atoms with E-state index < -0.39 is 30.4 Å². The molecule has 1 unspecified atom stereocenters. The van der Waals surface area contributed by atoms with Crippen molar-refractivity contribution >= 4 is 28.9 Å². The second-order valence-corrected chi connectivity index (χ2v) is 9.72. The van der Waals surface area contributed by atoms with Gasteiger partial charge in [-0.3, -0.25) is 14.6 Å². The Morgan fingerprint density at radius 1 is 1.06 bits per heavy atom. The lowest BCUT2D eigenvalue weighted by atomic mass is 10.1. The number of aliphatic hydroxyl groups is 1. The van der Waals surface area contributed by atoms with E-state index in [0.29, 0.717) is 79.8 Å². The molecule has 36 heavy (non-hydrogen) atoms. The summed E-state index contributed by atoms with van der Waals surface area (Å²) in [6.45, 7) is 3.31. The van der Waals surface area contributed by atoms with E-state index in [-0.39, 0.29) is 6.54 Å². The van der Waals surface area contributed by atoms with Gasteiger partial charge >= 0.3 is 6.18 Å². The van der Waals surface area contributed by atoms with E-state index in [0.717, 1.165) is 0 Å². The minimum absolute atomic E-state index is 0.0438. The lowest BCUT2D eigenvalue weighted by molar-refractivity contribution is -0.138. The Labute approximate surface area is 212 Å². The van der Waals surface area contributed by atoms with Gasteiger partial charge in [0.15, 0.2) is 0 Å². The smallest absolute Gasteiger partial charge is 0.390 e. The number of piperazine rings is 1. The van der Waals surface area contributed by atoms with Gasteiger partial charge in [-0.2, -0.15) is 13.2 Å². The Kier molecular flexibility index (Phi) is 8.39. The maximum absolute atomic E-state index is 14.0. The first-order valence-corrected chi connectivity index (χ1v) is 12.3. The van der Waals surface area contributed by atoms with Gasteiger partial charge in [0.25, 0.3) is 5.91 Å². The van der Waals surface area contributed by atoms with E-state index in [4.69, 9.17) is 11.6 Å². The van der Waals surface area contributed by atoms with Crippen LogP contribution in [0.15, 0.2) is 36.4 Å². The number of amides is 1. The maximum atomic E-state index is 14.0. The van der Waals surface area contributed by atoms with Crippen molar-refractivity contribution in [2.75, 3.05) is 56.0 Å². The third-order valence-electron chi connectivity index (χ3n) is 6.59. The quantitative estimate of drug-likeness (QED) is 0.523. The van der Waals surface area contributed by atoms with E-state index in [1.807, 2.05) is 9.80 Å². The molecule has 4 rings (SSSR count). The Morgan fingerprint density at radius 3 is 2.47 bits per heavy atom.